The van der Waals surface area contributed by atoms with Gasteiger partial charge in [-0.2, -0.15) is 0 Å². The molecule has 1 unspecified atom stereocenters. The van der Waals surface area contributed by atoms with E-state index in [4.69, 9.17) is 4.74 Å². The molecule has 0 bridgehead atoms. The molecule has 2 N–H and O–H groups in total. The van der Waals surface area contributed by atoms with Crippen LogP contribution in [0.2, 0.25) is 0 Å². The molecule has 0 amide bonds. The summed E-state index contributed by atoms with van der Waals surface area (Å²) in [4.78, 5) is 20.9. The third-order valence-electron chi connectivity index (χ3n) is 5.79. The van der Waals surface area contributed by atoms with Crippen molar-refractivity contribution in [2.24, 2.45) is 10.9 Å². The first-order valence-electron chi connectivity index (χ1n) is 10.7. The largest absolute Gasteiger partial charge is 0.469 e. The molecule has 1 atom stereocenters. The van der Waals surface area contributed by atoms with Gasteiger partial charge in [0.2, 0.25) is 0 Å². The number of carbonyl (C=O) groups excluding carboxylic acids is 1. The number of methoxy groups -OCH3 is 1. The minimum absolute atomic E-state index is 0. The number of halogens is 1. The third-order valence-corrected chi connectivity index (χ3v) is 5.79. The Kier molecular flexibility index (Phi) is 10.3. The van der Waals surface area contributed by atoms with Crippen LogP contribution in [0.5, 0.6) is 0 Å². The van der Waals surface area contributed by atoms with E-state index >= 15 is 0 Å². The summed E-state index contributed by atoms with van der Waals surface area (Å²) in [5, 5.41) is 13.9. The molecule has 7 nitrogen and oxygen atoms in total. The van der Waals surface area contributed by atoms with Crippen LogP contribution in [-0.4, -0.2) is 79.3 Å². The molecule has 30 heavy (non-hydrogen) atoms. The molecule has 8 heteroatoms. The summed E-state index contributed by atoms with van der Waals surface area (Å²) in [6.45, 7) is 7.21. The number of likely N-dealkylation sites (tertiary alicyclic amines) is 1. The molecule has 1 aromatic carbocycles. The Bertz CT molecular complexity index is 707. The number of aliphatic hydroxyl groups excluding tert-OH is 1. The Morgan fingerprint density at radius 2 is 1.97 bits per heavy atom. The molecule has 168 valence electrons. The highest BCUT2D eigenvalue weighted by molar-refractivity contribution is 14.0. The summed E-state index contributed by atoms with van der Waals surface area (Å²) in [5.74, 6) is 0.677. The molecule has 2 heterocycles. The minimum Gasteiger partial charge on any atom is -0.469 e. The number of nitrogens with zero attached hydrogens (tertiary/aromatic N) is 3. The van der Waals surface area contributed by atoms with E-state index in [0.29, 0.717) is 13.1 Å². The fourth-order valence-corrected chi connectivity index (χ4v) is 4.18. The van der Waals surface area contributed by atoms with Crippen LogP contribution in [0.4, 0.5) is 0 Å². The monoisotopic (exact) mass is 530 g/mol. The first kappa shape index (κ1) is 24.9. The number of benzene rings is 1. The van der Waals surface area contributed by atoms with E-state index in [9.17, 15) is 9.90 Å². The van der Waals surface area contributed by atoms with Crippen LogP contribution in [0, 0.1) is 5.92 Å². The lowest BCUT2D eigenvalue weighted by atomic mass is 9.97. The number of carbonyl (C=O) groups is 1. The van der Waals surface area contributed by atoms with Gasteiger partial charge in [-0.25, -0.2) is 0 Å². The van der Waals surface area contributed by atoms with Gasteiger partial charge in [-0.3, -0.25) is 14.7 Å². The number of aliphatic imine (C=N–C) groups is 1. The van der Waals surface area contributed by atoms with Crippen molar-refractivity contribution < 1.29 is 14.6 Å². The van der Waals surface area contributed by atoms with Crippen molar-refractivity contribution in [2.75, 3.05) is 46.4 Å². The Labute approximate surface area is 196 Å². The highest BCUT2D eigenvalue weighted by Crippen LogP contribution is 2.19. The highest BCUT2D eigenvalue weighted by atomic mass is 127. The number of β-amino-alcohol motifs (C(OH)–C–C–N with tert-alkyl or cyclic N) is 1. The van der Waals surface area contributed by atoms with Gasteiger partial charge >= 0.3 is 5.97 Å². The number of rotatable bonds is 6. The van der Waals surface area contributed by atoms with Gasteiger partial charge in [0.1, 0.15) is 0 Å². The second kappa shape index (κ2) is 12.5. The van der Waals surface area contributed by atoms with Crippen molar-refractivity contribution in [3.8, 4) is 0 Å². The molecule has 2 aliphatic rings. The van der Waals surface area contributed by atoms with Crippen LogP contribution in [-0.2, 0) is 22.5 Å². The zero-order valence-electron chi connectivity index (χ0n) is 18.0. The van der Waals surface area contributed by atoms with Crippen LogP contribution >= 0.6 is 24.0 Å². The predicted octanol–water partition coefficient (Wildman–Crippen LogP) is 1.87. The van der Waals surface area contributed by atoms with E-state index < -0.39 is 6.10 Å². The molecule has 0 saturated carbocycles. The Morgan fingerprint density at radius 3 is 2.63 bits per heavy atom. The highest BCUT2D eigenvalue weighted by Gasteiger charge is 2.27. The summed E-state index contributed by atoms with van der Waals surface area (Å²) < 4.78 is 4.86. The van der Waals surface area contributed by atoms with Crippen molar-refractivity contribution >= 4 is 35.9 Å². The number of esters is 1. The van der Waals surface area contributed by atoms with E-state index in [1.54, 1.807) is 0 Å². The van der Waals surface area contributed by atoms with Crippen LogP contribution in [0.25, 0.3) is 0 Å². The molecule has 0 radical (unpaired) electrons. The number of nitrogens with one attached hydrogen (secondary N) is 1. The van der Waals surface area contributed by atoms with Crippen LogP contribution in [0.1, 0.15) is 30.9 Å². The third kappa shape index (κ3) is 6.81. The maximum absolute atomic E-state index is 11.7. The van der Waals surface area contributed by atoms with Crippen molar-refractivity contribution in [3.63, 3.8) is 0 Å². The van der Waals surface area contributed by atoms with Crippen molar-refractivity contribution in [2.45, 2.75) is 38.8 Å². The van der Waals surface area contributed by atoms with Crippen LogP contribution in [0.15, 0.2) is 29.3 Å². The van der Waals surface area contributed by atoms with Gasteiger partial charge in [0.05, 0.1) is 25.7 Å². The maximum Gasteiger partial charge on any atom is 0.308 e. The molecule has 0 aromatic heterocycles. The number of piperidine rings is 1. The lowest BCUT2D eigenvalue weighted by Gasteiger charge is -2.33. The average Bonchev–Trinajstić information content (AvgIpc) is 2.76. The zero-order valence-corrected chi connectivity index (χ0v) is 20.4. The van der Waals surface area contributed by atoms with E-state index in [1.165, 1.54) is 18.2 Å². The second-order valence-electron chi connectivity index (χ2n) is 7.89. The minimum atomic E-state index is -0.499. The molecular formula is C22H35IN4O3. The van der Waals surface area contributed by atoms with Crippen molar-refractivity contribution in [1.29, 1.82) is 0 Å². The topological polar surface area (TPSA) is 77.4 Å². The number of ether oxygens (including phenoxy) is 1. The molecular weight excluding hydrogens is 495 g/mol. The van der Waals surface area contributed by atoms with Gasteiger partial charge in [-0.05, 0) is 37.3 Å². The van der Waals surface area contributed by atoms with Gasteiger partial charge in [0, 0.05) is 39.3 Å². The number of hydrogen-bond acceptors (Lipinski definition) is 5. The zero-order chi connectivity index (χ0) is 20.6. The Hall–Kier alpha value is -1.39. The average molecular weight is 530 g/mol. The SMILES string of the molecule is CCNC(=NCC(O)CN1CCc2ccccc2C1)N1CCC(C(=O)OC)CC1.I. The number of guanidine groups is 1. The summed E-state index contributed by atoms with van der Waals surface area (Å²) >= 11 is 0. The number of hydrogen-bond donors (Lipinski definition) is 2. The van der Waals surface area contributed by atoms with E-state index in [0.717, 1.165) is 57.9 Å². The Balaban J connectivity index is 0.00000320. The fraction of sp³-hybridized carbons (Fsp3) is 0.636. The van der Waals surface area contributed by atoms with Crippen molar-refractivity contribution in [3.05, 3.63) is 35.4 Å². The smallest absolute Gasteiger partial charge is 0.308 e. The number of aliphatic hydroxyl groups is 1. The molecule has 1 saturated heterocycles. The van der Waals surface area contributed by atoms with E-state index in [1.807, 2.05) is 6.92 Å². The quantitative estimate of drug-likeness (QED) is 0.253. The lowest BCUT2D eigenvalue weighted by Crippen LogP contribution is -2.47. The van der Waals surface area contributed by atoms with Gasteiger partial charge in [0.15, 0.2) is 5.96 Å². The summed E-state index contributed by atoms with van der Waals surface area (Å²) in [7, 11) is 1.45. The maximum atomic E-state index is 11.7. The molecule has 3 rings (SSSR count). The Morgan fingerprint density at radius 1 is 1.27 bits per heavy atom. The molecule has 1 fully saturated rings. The van der Waals surface area contributed by atoms with E-state index in [-0.39, 0.29) is 35.9 Å². The van der Waals surface area contributed by atoms with Crippen molar-refractivity contribution in [1.82, 2.24) is 15.1 Å². The fourth-order valence-electron chi connectivity index (χ4n) is 4.18. The summed E-state index contributed by atoms with van der Waals surface area (Å²) in [6.07, 6.45) is 2.07. The normalized spacial score (nSPS) is 18.9. The summed E-state index contributed by atoms with van der Waals surface area (Å²) in [6, 6.07) is 8.54. The second-order valence-corrected chi connectivity index (χ2v) is 7.89. The number of fused-ring (bicyclic) bond motifs is 1. The summed E-state index contributed by atoms with van der Waals surface area (Å²) in [5.41, 5.74) is 2.78. The first-order chi connectivity index (χ1) is 14.1. The van der Waals surface area contributed by atoms with Crippen LogP contribution < -0.4 is 5.32 Å². The molecule has 0 spiro atoms. The van der Waals surface area contributed by atoms with Gasteiger partial charge in [-0.15, -0.1) is 24.0 Å². The molecule has 1 aromatic rings. The van der Waals surface area contributed by atoms with Gasteiger partial charge < -0.3 is 20.1 Å². The predicted molar refractivity (Wildman–Crippen MR) is 129 cm³/mol. The lowest BCUT2D eigenvalue weighted by molar-refractivity contribution is -0.146. The van der Waals surface area contributed by atoms with Gasteiger partial charge in [-0.1, -0.05) is 24.3 Å². The molecule has 2 aliphatic heterocycles. The molecule has 0 aliphatic carbocycles. The first-order valence-corrected chi connectivity index (χ1v) is 10.7. The standard InChI is InChI=1S/C22H34N4O3.HI/c1-3-23-22(26-12-9-18(10-13-26)21(28)29-2)24-14-20(27)16-25-11-8-17-6-4-5-7-19(17)15-25;/h4-7,18,20,27H,3,8-16H2,1-2H3,(H,23,24);1H. The van der Waals surface area contributed by atoms with Crippen LogP contribution in [0.3, 0.4) is 0 Å². The van der Waals surface area contributed by atoms with Gasteiger partial charge in [0.25, 0.3) is 0 Å². The van der Waals surface area contributed by atoms with E-state index in [2.05, 4.69) is 44.4 Å².